The molecule has 0 aliphatic carbocycles. The Kier molecular flexibility index (Phi) is 1.40. The largest absolute Gasteiger partial charge is 0.266 e. The number of aromatic nitrogens is 3. The van der Waals surface area contributed by atoms with Gasteiger partial charge in [-0.3, -0.25) is 9.67 Å². The maximum Gasteiger partial charge on any atom is 0.0867 e. The van der Waals surface area contributed by atoms with Crippen LogP contribution in [0.5, 0.6) is 0 Å². The lowest BCUT2D eigenvalue weighted by Crippen LogP contribution is -1.89. The van der Waals surface area contributed by atoms with Crippen molar-refractivity contribution in [1.29, 1.82) is 0 Å². The zero-order valence-corrected chi connectivity index (χ0v) is 7.50. The molecule has 0 aliphatic rings. The Balaban J connectivity index is 2.99. The van der Waals surface area contributed by atoms with E-state index in [9.17, 15) is 0 Å². The topological polar surface area (TPSA) is 30.7 Å². The van der Waals surface area contributed by atoms with Gasteiger partial charge in [-0.1, -0.05) is 0 Å². The van der Waals surface area contributed by atoms with Gasteiger partial charge in [0.05, 0.1) is 17.4 Å². The van der Waals surface area contributed by atoms with Crippen LogP contribution in [0.15, 0.2) is 12.4 Å². The molecule has 3 nitrogen and oxygen atoms in total. The third-order valence-electron chi connectivity index (χ3n) is 2.13. The summed E-state index contributed by atoms with van der Waals surface area (Å²) in [5.41, 5.74) is 3.37. The van der Waals surface area contributed by atoms with Crippen LogP contribution in [-0.2, 0) is 7.05 Å². The van der Waals surface area contributed by atoms with Crippen LogP contribution in [0, 0.1) is 13.8 Å². The monoisotopic (exact) mass is 161 g/mol. The normalized spacial score (nSPS) is 10.9. The van der Waals surface area contributed by atoms with Crippen molar-refractivity contribution in [1.82, 2.24) is 14.8 Å². The van der Waals surface area contributed by atoms with Gasteiger partial charge in [-0.2, -0.15) is 5.10 Å². The van der Waals surface area contributed by atoms with Crippen molar-refractivity contribution in [3.05, 3.63) is 23.7 Å². The van der Waals surface area contributed by atoms with Gasteiger partial charge in [0.15, 0.2) is 0 Å². The van der Waals surface area contributed by atoms with E-state index in [0.29, 0.717) is 0 Å². The third-order valence-corrected chi connectivity index (χ3v) is 2.13. The molecule has 0 N–H and O–H groups in total. The second-order valence-corrected chi connectivity index (χ2v) is 3.06. The van der Waals surface area contributed by atoms with Gasteiger partial charge in [0.2, 0.25) is 0 Å². The molecule has 0 aromatic carbocycles. The Morgan fingerprint density at radius 1 is 1.25 bits per heavy atom. The zero-order chi connectivity index (χ0) is 8.72. The Bertz CT molecular complexity index is 429. The second-order valence-electron chi connectivity index (χ2n) is 3.06. The van der Waals surface area contributed by atoms with E-state index in [2.05, 4.69) is 17.0 Å². The summed E-state index contributed by atoms with van der Waals surface area (Å²) in [5.74, 6) is 0. The van der Waals surface area contributed by atoms with Gasteiger partial charge in [0.25, 0.3) is 0 Å². The van der Waals surface area contributed by atoms with Crippen LogP contribution in [0.2, 0.25) is 0 Å². The molecule has 0 unspecified atom stereocenters. The standard InChI is InChI=1S/C9H11N3/c1-6-4-10-5-8-9(6)7(2)11-12(8)3/h4-5H,1-3H3. The maximum absolute atomic E-state index is 4.33. The first kappa shape index (κ1) is 7.28. The molecule has 2 rings (SSSR count). The molecule has 0 amide bonds. The van der Waals surface area contributed by atoms with Gasteiger partial charge < -0.3 is 0 Å². The van der Waals surface area contributed by atoms with Gasteiger partial charge in [-0.15, -0.1) is 0 Å². The molecule has 2 aromatic rings. The minimum absolute atomic E-state index is 1.08. The summed E-state index contributed by atoms with van der Waals surface area (Å²) in [4.78, 5) is 4.13. The molecule has 0 aliphatic heterocycles. The Morgan fingerprint density at radius 3 is 2.67 bits per heavy atom. The average Bonchev–Trinajstić information content (AvgIpc) is 2.29. The highest BCUT2D eigenvalue weighted by molar-refractivity contribution is 5.83. The third kappa shape index (κ3) is 0.826. The molecular weight excluding hydrogens is 150 g/mol. The minimum Gasteiger partial charge on any atom is -0.266 e. The van der Waals surface area contributed by atoms with Crippen molar-refractivity contribution in [3.63, 3.8) is 0 Å². The van der Waals surface area contributed by atoms with Crippen molar-refractivity contribution in [3.8, 4) is 0 Å². The van der Waals surface area contributed by atoms with Gasteiger partial charge in [-0.25, -0.2) is 0 Å². The molecule has 2 aromatic heterocycles. The summed E-state index contributed by atoms with van der Waals surface area (Å²) in [7, 11) is 1.94. The van der Waals surface area contributed by atoms with E-state index >= 15 is 0 Å². The Morgan fingerprint density at radius 2 is 2.00 bits per heavy atom. The average molecular weight is 161 g/mol. The number of nitrogens with zero attached hydrogens (tertiary/aromatic N) is 3. The van der Waals surface area contributed by atoms with E-state index < -0.39 is 0 Å². The zero-order valence-electron chi connectivity index (χ0n) is 7.50. The van der Waals surface area contributed by atoms with Gasteiger partial charge in [0.1, 0.15) is 0 Å². The summed E-state index contributed by atoms with van der Waals surface area (Å²) in [6.07, 6.45) is 3.72. The van der Waals surface area contributed by atoms with E-state index in [-0.39, 0.29) is 0 Å². The van der Waals surface area contributed by atoms with E-state index in [0.717, 1.165) is 11.2 Å². The van der Waals surface area contributed by atoms with Gasteiger partial charge in [0, 0.05) is 18.6 Å². The molecule has 62 valence electrons. The van der Waals surface area contributed by atoms with Crippen molar-refractivity contribution in [2.24, 2.45) is 7.05 Å². The molecule has 0 saturated carbocycles. The fourth-order valence-electron chi connectivity index (χ4n) is 1.60. The van der Waals surface area contributed by atoms with E-state index in [1.165, 1.54) is 10.9 Å². The first-order chi connectivity index (χ1) is 5.70. The first-order valence-corrected chi connectivity index (χ1v) is 3.94. The van der Waals surface area contributed by atoms with Crippen molar-refractivity contribution < 1.29 is 0 Å². The van der Waals surface area contributed by atoms with Crippen LogP contribution in [0.25, 0.3) is 10.9 Å². The Labute approximate surface area is 71.0 Å². The van der Waals surface area contributed by atoms with Crippen molar-refractivity contribution >= 4 is 10.9 Å². The fourth-order valence-corrected chi connectivity index (χ4v) is 1.60. The predicted octanol–water partition coefficient (Wildman–Crippen LogP) is 1.59. The number of aryl methyl sites for hydroxylation is 3. The van der Waals surface area contributed by atoms with Crippen LogP contribution >= 0.6 is 0 Å². The summed E-state index contributed by atoms with van der Waals surface area (Å²) >= 11 is 0. The van der Waals surface area contributed by atoms with Gasteiger partial charge in [-0.05, 0) is 19.4 Å². The lowest BCUT2D eigenvalue weighted by Gasteiger charge is -1.95. The van der Waals surface area contributed by atoms with Gasteiger partial charge >= 0.3 is 0 Å². The smallest absolute Gasteiger partial charge is 0.0867 e. The van der Waals surface area contributed by atoms with Crippen LogP contribution in [0.1, 0.15) is 11.3 Å². The molecule has 12 heavy (non-hydrogen) atoms. The molecule has 3 heteroatoms. The highest BCUT2D eigenvalue weighted by atomic mass is 15.3. The number of rotatable bonds is 0. The number of pyridine rings is 1. The summed E-state index contributed by atoms with van der Waals surface area (Å²) in [6.45, 7) is 4.08. The quantitative estimate of drug-likeness (QED) is 0.587. The molecular formula is C9H11N3. The lowest BCUT2D eigenvalue weighted by atomic mass is 10.2. The van der Waals surface area contributed by atoms with Crippen molar-refractivity contribution in [2.45, 2.75) is 13.8 Å². The molecule has 0 fully saturated rings. The molecule has 0 atom stereocenters. The number of hydrogen-bond donors (Lipinski definition) is 0. The lowest BCUT2D eigenvalue weighted by molar-refractivity contribution is 0.782. The Hall–Kier alpha value is -1.38. The highest BCUT2D eigenvalue weighted by Gasteiger charge is 2.05. The molecule has 2 heterocycles. The summed E-state index contributed by atoms with van der Waals surface area (Å²) < 4.78 is 1.87. The van der Waals surface area contributed by atoms with E-state index in [4.69, 9.17) is 0 Å². The van der Waals surface area contributed by atoms with Crippen LogP contribution in [0.3, 0.4) is 0 Å². The number of hydrogen-bond acceptors (Lipinski definition) is 2. The molecule has 0 saturated heterocycles. The fraction of sp³-hybridized carbons (Fsp3) is 0.333. The minimum atomic E-state index is 1.08. The second kappa shape index (κ2) is 2.30. The molecule has 0 radical (unpaired) electrons. The molecule has 0 bridgehead atoms. The van der Waals surface area contributed by atoms with Crippen LogP contribution in [0.4, 0.5) is 0 Å². The van der Waals surface area contributed by atoms with Crippen molar-refractivity contribution in [2.75, 3.05) is 0 Å². The predicted molar refractivity (Wildman–Crippen MR) is 48.0 cm³/mol. The number of fused-ring (bicyclic) bond motifs is 1. The SMILES string of the molecule is Cc1cncc2c1c(C)nn2C. The van der Waals surface area contributed by atoms with E-state index in [1.807, 2.05) is 31.0 Å². The highest BCUT2D eigenvalue weighted by Crippen LogP contribution is 2.19. The van der Waals surface area contributed by atoms with Crippen LogP contribution in [-0.4, -0.2) is 14.8 Å². The summed E-state index contributed by atoms with van der Waals surface area (Å²) in [6, 6.07) is 0. The van der Waals surface area contributed by atoms with E-state index in [1.54, 1.807) is 0 Å². The van der Waals surface area contributed by atoms with Crippen LogP contribution < -0.4 is 0 Å². The first-order valence-electron chi connectivity index (χ1n) is 3.94. The summed E-state index contributed by atoms with van der Waals surface area (Å²) in [5, 5.41) is 5.56. The maximum atomic E-state index is 4.33. The molecule has 0 spiro atoms.